The van der Waals surface area contributed by atoms with Gasteiger partial charge in [0.15, 0.2) is 0 Å². The molecule has 0 bridgehead atoms. The highest BCUT2D eigenvalue weighted by molar-refractivity contribution is 6.06. The molecule has 0 saturated heterocycles. The van der Waals surface area contributed by atoms with E-state index in [4.69, 9.17) is 5.73 Å². The van der Waals surface area contributed by atoms with Crippen molar-refractivity contribution in [3.05, 3.63) is 0 Å². The molecule has 0 aromatic carbocycles. The van der Waals surface area contributed by atoms with E-state index in [1.165, 1.54) is 0 Å². The Bertz CT molecular complexity index is 292. The predicted octanol–water partition coefficient (Wildman–Crippen LogP) is 1.36. The Hall–Kier alpha value is -1.06. The molecule has 1 heterocycles. The lowest BCUT2D eigenvalue weighted by atomic mass is 9.75. The Morgan fingerprint density at radius 2 is 2.21 bits per heavy atom. The normalized spacial score (nSPS) is 24.4. The van der Waals surface area contributed by atoms with Crippen LogP contribution in [0.3, 0.4) is 0 Å². The topological polar surface area (TPSA) is 58.7 Å². The van der Waals surface area contributed by atoms with E-state index >= 15 is 0 Å². The van der Waals surface area contributed by atoms with Crippen molar-refractivity contribution >= 4 is 11.9 Å². The van der Waals surface area contributed by atoms with Crippen LogP contribution in [-0.2, 0) is 0 Å². The van der Waals surface area contributed by atoms with Gasteiger partial charge in [-0.2, -0.15) is 4.99 Å². The zero-order valence-corrected chi connectivity index (χ0v) is 8.79. The van der Waals surface area contributed by atoms with Gasteiger partial charge in [-0.3, -0.25) is 0 Å². The molecule has 0 aromatic rings. The van der Waals surface area contributed by atoms with Gasteiger partial charge in [-0.05, 0) is 25.2 Å². The first-order valence-electron chi connectivity index (χ1n) is 5.22. The predicted molar refractivity (Wildman–Crippen MR) is 55.1 cm³/mol. The lowest BCUT2D eigenvalue weighted by Gasteiger charge is -2.45. The van der Waals surface area contributed by atoms with Crippen LogP contribution in [0.15, 0.2) is 4.99 Å². The summed E-state index contributed by atoms with van der Waals surface area (Å²) >= 11 is 0. The fourth-order valence-corrected chi connectivity index (χ4v) is 2.24. The first kappa shape index (κ1) is 9.49. The third kappa shape index (κ3) is 1.13. The van der Waals surface area contributed by atoms with Crippen molar-refractivity contribution in [2.24, 2.45) is 16.6 Å². The van der Waals surface area contributed by atoms with Crippen molar-refractivity contribution in [2.45, 2.75) is 38.6 Å². The van der Waals surface area contributed by atoms with E-state index in [2.05, 4.69) is 18.8 Å². The zero-order valence-electron chi connectivity index (χ0n) is 8.79. The molecule has 0 atom stereocenters. The summed E-state index contributed by atoms with van der Waals surface area (Å²) in [4.78, 5) is 17.3. The van der Waals surface area contributed by atoms with Crippen LogP contribution >= 0.6 is 0 Å². The molecule has 0 unspecified atom stereocenters. The van der Waals surface area contributed by atoms with E-state index in [9.17, 15) is 4.79 Å². The molecule has 1 spiro atoms. The molecule has 1 aliphatic heterocycles. The molecule has 2 aliphatic rings. The van der Waals surface area contributed by atoms with Gasteiger partial charge in [0.25, 0.3) is 0 Å². The maximum Gasteiger partial charge on any atom is 0.346 e. The van der Waals surface area contributed by atoms with Crippen LogP contribution in [0, 0.1) is 5.92 Å². The molecular formula is C10H17N3O. The molecule has 1 aliphatic carbocycles. The van der Waals surface area contributed by atoms with E-state index in [0.29, 0.717) is 11.8 Å². The zero-order chi connectivity index (χ0) is 10.3. The first-order valence-corrected chi connectivity index (χ1v) is 5.22. The quantitative estimate of drug-likeness (QED) is 0.723. The van der Waals surface area contributed by atoms with Crippen molar-refractivity contribution in [1.82, 2.24) is 4.90 Å². The molecule has 2 rings (SSSR count). The van der Waals surface area contributed by atoms with Crippen molar-refractivity contribution in [3.63, 3.8) is 0 Å². The average molecular weight is 195 g/mol. The number of carbonyl (C=O) groups excluding carboxylic acids is 1. The number of nitrogens with zero attached hydrogens (tertiary/aromatic N) is 2. The highest BCUT2D eigenvalue weighted by atomic mass is 16.2. The van der Waals surface area contributed by atoms with E-state index < -0.39 is 0 Å². The summed E-state index contributed by atoms with van der Waals surface area (Å²) in [5.74, 6) is 1.01. The van der Waals surface area contributed by atoms with Crippen LogP contribution < -0.4 is 5.73 Å². The van der Waals surface area contributed by atoms with Gasteiger partial charge in [0.2, 0.25) is 0 Å². The van der Waals surface area contributed by atoms with E-state index in [1.807, 2.05) is 4.90 Å². The monoisotopic (exact) mass is 195 g/mol. The van der Waals surface area contributed by atoms with E-state index in [1.54, 1.807) is 0 Å². The van der Waals surface area contributed by atoms with Gasteiger partial charge in [-0.1, -0.05) is 13.8 Å². The van der Waals surface area contributed by atoms with Crippen LogP contribution in [0.5, 0.6) is 0 Å². The Kier molecular flexibility index (Phi) is 2.01. The van der Waals surface area contributed by atoms with Crippen molar-refractivity contribution in [3.8, 4) is 0 Å². The Morgan fingerprint density at radius 1 is 1.57 bits per heavy atom. The maximum absolute atomic E-state index is 11.6. The Balaban J connectivity index is 2.20. The molecular weight excluding hydrogens is 178 g/mol. The number of amides is 2. The number of carbonyl (C=O) groups is 1. The molecule has 1 saturated carbocycles. The average Bonchev–Trinajstić information content (AvgIpc) is 2.21. The van der Waals surface area contributed by atoms with Crippen molar-refractivity contribution in [1.29, 1.82) is 0 Å². The highest BCUT2D eigenvalue weighted by Gasteiger charge is 2.52. The minimum atomic E-state index is -0.193. The number of rotatable bonds is 2. The molecule has 2 amide bonds. The van der Waals surface area contributed by atoms with Crippen LogP contribution in [0.4, 0.5) is 4.79 Å². The van der Waals surface area contributed by atoms with Gasteiger partial charge >= 0.3 is 6.03 Å². The number of nitrogens with two attached hydrogens (primary N) is 1. The summed E-state index contributed by atoms with van der Waals surface area (Å²) in [7, 11) is 0. The smallest absolute Gasteiger partial charge is 0.346 e. The molecule has 4 nitrogen and oxygen atoms in total. The number of urea groups is 1. The summed E-state index contributed by atoms with van der Waals surface area (Å²) in [6.07, 6.45) is 3.12. The van der Waals surface area contributed by atoms with Gasteiger partial charge in [0, 0.05) is 6.54 Å². The molecule has 1 fully saturated rings. The van der Waals surface area contributed by atoms with Crippen molar-refractivity contribution in [2.75, 3.05) is 6.54 Å². The van der Waals surface area contributed by atoms with Gasteiger partial charge in [0.05, 0.1) is 0 Å². The van der Waals surface area contributed by atoms with E-state index in [-0.39, 0.29) is 11.6 Å². The van der Waals surface area contributed by atoms with Crippen molar-refractivity contribution < 1.29 is 4.79 Å². The van der Waals surface area contributed by atoms with Gasteiger partial charge in [0.1, 0.15) is 11.4 Å². The Labute approximate surface area is 84.2 Å². The molecule has 4 heteroatoms. The van der Waals surface area contributed by atoms with Crippen LogP contribution in [0.25, 0.3) is 0 Å². The summed E-state index contributed by atoms with van der Waals surface area (Å²) in [5, 5.41) is 0. The molecule has 78 valence electrons. The Morgan fingerprint density at radius 3 is 2.64 bits per heavy atom. The second kappa shape index (κ2) is 2.97. The summed E-state index contributed by atoms with van der Waals surface area (Å²) in [6.45, 7) is 4.98. The lowest BCUT2D eigenvalue weighted by molar-refractivity contribution is 0.107. The number of aliphatic imine (C=N–C) groups is 1. The molecule has 14 heavy (non-hydrogen) atoms. The van der Waals surface area contributed by atoms with Gasteiger partial charge in [-0.15, -0.1) is 0 Å². The number of hydrogen-bond donors (Lipinski definition) is 1. The van der Waals surface area contributed by atoms with Gasteiger partial charge < -0.3 is 10.6 Å². The SMILES string of the molecule is CC(C)CN1C(=O)N=C(N)C12CCC2. The minimum absolute atomic E-state index is 0.143. The first-order chi connectivity index (χ1) is 6.56. The lowest BCUT2D eigenvalue weighted by Crippen LogP contribution is -2.59. The van der Waals surface area contributed by atoms with E-state index in [0.717, 1.165) is 25.8 Å². The third-order valence-corrected chi connectivity index (χ3v) is 3.17. The minimum Gasteiger partial charge on any atom is -0.385 e. The fourth-order valence-electron chi connectivity index (χ4n) is 2.24. The second-order valence-electron chi connectivity index (χ2n) is 4.67. The third-order valence-electron chi connectivity index (χ3n) is 3.17. The second-order valence-corrected chi connectivity index (χ2v) is 4.67. The number of amidine groups is 1. The molecule has 0 aromatic heterocycles. The summed E-state index contributed by atoms with van der Waals surface area (Å²) < 4.78 is 0. The molecule has 2 N–H and O–H groups in total. The fraction of sp³-hybridized carbons (Fsp3) is 0.800. The number of hydrogen-bond acceptors (Lipinski definition) is 2. The van der Waals surface area contributed by atoms with Crippen LogP contribution in [0.1, 0.15) is 33.1 Å². The molecule has 0 radical (unpaired) electrons. The summed E-state index contributed by atoms with van der Waals surface area (Å²) in [6, 6.07) is -0.143. The largest absolute Gasteiger partial charge is 0.385 e. The maximum atomic E-state index is 11.6. The van der Waals surface area contributed by atoms with Crippen LogP contribution in [0.2, 0.25) is 0 Å². The summed E-state index contributed by atoms with van der Waals surface area (Å²) in [5.41, 5.74) is 5.63. The highest BCUT2D eigenvalue weighted by Crippen LogP contribution is 2.41. The standard InChI is InChI=1S/C10H17N3O/c1-7(2)6-13-9(14)12-8(11)10(13)4-3-5-10/h7H,3-6H2,1-2H3,(H2,11,12,14). The van der Waals surface area contributed by atoms with Crippen LogP contribution in [-0.4, -0.2) is 28.9 Å². The van der Waals surface area contributed by atoms with Gasteiger partial charge in [-0.25, -0.2) is 4.79 Å².